The number of carbonyl (C=O) groups is 2. The monoisotopic (exact) mass is 580 g/mol. The second-order valence-corrected chi connectivity index (χ2v) is 14.5. The maximum absolute atomic E-state index is 13.6. The van der Waals surface area contributed by atoms with Crippen LogP contribution in [0, 0.1) is 0 Å². The molecule has 2 aromatic heterocycles. The first kappa shape index (κ1) is 29.9. The van der Waals surface area contributed by atoms with Gasteiger partial charge in [0.15, 0.2) is 11.5 Å². The van der Waals surface area contributed by atoms with Crippen LogP contribution in [0.3, 0.4) is 0 Å². The second-order valence-electron chi connectivity index (χ2n) is 12.1. The van der Waals surface area contributed by atoms with Gasteiger partial charge >= 0.3 is 0 Å². The highest BCUT2D eigenvalue weighted by molar-refractivity contribution is 7.91. The standard InChI is InChI=1S/C29H36N6O5S/c1-28(2,3)22-14-19(21-16-23(36)18-30-17-21)13-20(15-22)27(38)35-11-9-34(10-12-35)25-8-7-24(31-32-25)26(37)33-41(39,40)29(4,5)6/h7-8,13-18,36H,9-12H2,1-6H3,(H,33,37). The fraction of sp³-hybridized carbons (Fsp3) is 0.414. The van der Waals surface area contributed by atoms with Gasteiger partial charge in [-0.25, -0.2) is 13.1 Å². The van der Waals surface area contributed by atoms with Crippen molar-refractivity contribution in [3.05, 3.63) is 65.6 Å². The zero-order chi connectivity index (χ0) is 30.2. The SMILES string of the molecule is CC(C)(C)c1cc(C(=O)N2CCN(c3ccc(C(=O)NS(=O)(=O)C(C)(C)C)nn3)CC2)cc(-c2cncc(O)c2)c1. The minimum atomic E-state index is -3.87. The summed E-state index contributed by atoms with van der Waals surface area (Å²) in [6.45, 7) is 12.7. The normalized spacial score (nSPS) is 14.6. The van der Waals surface area contributed by atoms with Crippen LogP contribution in [0.2, 0.25) is 0 Å². The Bertz CT molecular complexity index is 1550. The lowest BCUT2D eigenvalue weighted by atomic mass is 9.84. The van der Waals surface area contributed by atoms with Gasteiger partial charge in [0.05, 0.1) is 10.9 Å². The molecule has 3 aromatic rings. The Balaban J connectivity index is 1.46. The quantitative estimate of drug-likeness (QED) is 0.464. The van der Waals surface area contributed by atoms with E-state index >= 15 is 0 Å². The van der Waals surface area contributed by atoms with Crippen LogP contribution in [0.1, 0.15) is 68.0 Å². The average Bonchev–Trinajstić information content (AvgIpc) is 2.91. The van der Waals surface area contributed by atoms with Crippen LogP contribution < -0.4 is 9.62 Å². The van der Waals surface area contributed by atoms with E-state index in [4.69, 9.17) is 0 Å². The van der Waals surface area contributed by atoms with Gasteiger partial charge in [0.25, 0.3) is 11.8 Å². The molecule has 4 rings (SSSR count). The van der Waals surface area contributed by atoms with Gasteiger partial charge in [0.1, 0.15) is 5.75 Å². The van der Waals surface area contributed by atoms with E-state index in [9.17, 15) is 23.1 Å². The predicted octanol–water partition coefficient (Wildman–Crippen LogP) is 3.36. The topological polar surface area (TPSA) is 146 Å². The molecule has 1 saturated heterocycles. The first-order valence-corrected chi connectivity index (χ1v) is 14.8. The van der Waals surface area contributed by atoms with Crippen molar-refractivity contribution in [2.45, 2.75) is 51.7 Å². The minimum absolute atomic E-state index is 0.0550. The summed E-state index contributed by atoms with van der Waals surface area (Å²) in [6.07, 6.45) is 3.03. The van der Waals surface area contributed by atoms with Crippen molar-refractivity contribution in [2.75, 3.05) is 31.1 Å². The van der Waals surface area contributed by atoms with Gasteiger partial charge in [-0.15, -0.1) is 10.2 Å². The fourth-order valence-electron chi connectivity index (χ4n) is 4.20. The van der Waals surface area contributed by atoms with E-state index in [1.54, 1.807) is 23.2 Å². The molecular formula is C29H36N6O5S. The van der Waals surface area contributed by atoms with Gasteiger partial charge in [0, 0.05) is 43.5 Å². The smallest absolute Gasteiger partial charge is 0.285 e. The van der Waals surface area contributed by atoms with Gasteiger partial charge in [-0.1, -0.05) is 26.8 Å². The molecule has 11 nitrogen and oxygen atoms in total. The van der Waals surface area contributed by atoms with Crippen LogP contribution in [-0.4, -0.2) is 76.3 Å². The van der Waals surface area contributed by atoms with Crippen molar-refractivity contribution in [1.82, 2.24) is 24.8 Å². The van der Waals surface area contributed by atoms with Crippen LogP contribution in [0.4, 0.5) is 5.82 Å². The van der Waals surface area contributed by atoms with E-state index in [0.717, 1.165) is 16.7 Å². The maximum Gasteiger partial charge on any atom is 0.285 e. The Morgan fingerprint density at radius 3 is 2.12 bits per heavy atom. The second kappa shape index (κ2) is 11.1. The van der Waals surface area contributed by atoms with Crippen molar-refractivity contribution < 1.29 is 23.1 Å². The first-order chi connectivity index (χ1) is 19.0. The zero-order valence-electron chi connectivity index (χ0n) is 24.2. The van der Waals surface area contributed by atoms with E-state index in [-0.39, 0.29) is 22.8 Å². The molecule has 1 aliphatic rings. The van der Waals surface area contributed by atoms with Crippen LogP contribution >= 0.6 is 0 Å². The molecule has 1 aromatic carbocycles. The van der Waals surface area contributed by atoms with Crippen molar-refractivity contribution in [1.29, 1.82) is 0 Å². The van der Waals surface area contributed by atoms with Crippen molar-refractivity contribution >= 4 is 27.7 Å². The number of hydrogen-bond donors (Lipinski definition) is 2. The summed E-state index contributed by atoms with van der Waals surface area (Å²) in [4.78, 5) is 33.8. The number of aromatic nitrogens is 3. The van der Waals surface area contributed by atoms with Crippen LogP contribution in [-0.2, 0) is 15.4 Å². The van der Waals surface area contributed by atoms with E-state index in [2.05, 4.69) is 36.0 Å². The number of carbonyl (C=O) groups excluding carboxylic acids is 2. The maximum atomic E-state index is 13.6. The lowest BCUT2D eigenvalue weighted by Crippen LogP contribution is -2.49. The van der Waals surface area contributed by atoms with E-state index < -0.39 is 20.7 Å². The summed E-state index contributed by atoms with van der Waals surface area (Å²) in [6, 6.07) is 10.4. The minimum Gasteiger partial charge on any atom is -0.506 e. The third-order valence-electron chi connectivity index (χ3n) is 6.91. The predicted molar refractivity (Wildman–Crippen MR) is 156 cm³/mol. The molecule has 0 unspecified atom stereocenters. The summed E-state index contributed by atoms with van der Waals surface area (Å²) in [5, 5.41) is 18.0. The Kier molecular flexibility index (Phi) is 8.08. The third kappa shape index (κ3) is 6.82. The Morgan fingerprint density at radius 2 is 1.56 bits per heavy atom. The largest absolute Gasteiger partial charge is 0.506 e. The number of hydrogen-bond acceptors (Lipinski definition) is 9. The van der Waals surface area contributed by atoms with Gasteiger partial charge in [-0.3, -0.25) is 14.6 Å². The van der Waals surface area contributed by atoms with Gasteiger partial charge in [-0.05, 0) is 67.6 Å². The molecule has 0 aliphatic carbocycles. The molecule has 12 heteroatoms. The molecule has 3 heterocycles. The highest BCUT2D eigenvalue weighted by Crippen LogP contribution is 2.31. The number of amides is 2. The molecule has 218 valence electrons. The summed E-state index contributed by atoms with van der Waals surface area (Å²) in [5.41, 5.74) is 2.78. The summed E-state index contributed by atoms with van der Waals surface area (Å²) in [5.74, 6) is -0.351. The number of sulfonamides is 1. The van der Waals surface area contributed by atoms with Crippen LogP contribution in [0.5, 0.6) is 5.75 Å². The molecule has 0 saturated carbocycles. The highest BCUT2D eigenvalue weighted by atomic mass is 32.2. The molecular weight excluding hydrogens is 544 g/mol. The zero-order valence-corrected chi connectivity index (χ0v) is 25.0. The number of benzene rings is 1. The Morgan fingerprint density at radius 1 is 0.878 bits per heavy atom. The number of piperazine rings is 1. The lowest BCUT2D eigenvalue weighted by molar-refractivity contribution is 0.0746. The molecule has 1 aliphatic heterocycles. The van der Waals surface area contributed by atoms with Crippen LogP contribution in [0.25, 0.3) is 11.1 Å². The molecule has 0 radical (unpaired) electrons. The Labute approximate surface area is 240 Å². The number of anilines is 1. The fourth-order valence-corrected chi connectivity index (χ4v) is 4.85. The summed E-state index contributed by atoms with van der Waals surface area (Å²) >= 11 is 0. The molecule has 0 bridgehead atoms. The van der Waals surface area contributed by atoms with Gasteiger partial charge in [-0.2, -0.15) is 0 Å². The third-order valence-corrected chi connectivity index (χ3v) is 8.98. The van der Waals surface area contributed by atoms with E-state index in [1.807, 2.05) is 27.8 Å². The van der Waals surface area contributed by atoms with Gasteiger partial charge in [0.2, 0.25) is 10.0 Å². The summed E-state index contributed by atoms with van der Waals surface area (Å²) in [7, 11) is -3.87. The lowest BCUT2D eigenvalue weighted by Gasteiger charge is -2.35. The first-order valence-electron chi connectivity index (χ1n) is 13.3. The van der Waals surface area contributed by atoms with Crippen LogP contribution in [0.15, 0.2) is 48.8 Å². The van der Waals surface area contributed by atoms with E-state index in [0.29, 0.717) is 37.6 Å². The Hall–Kier alpha value is -4.06. The van der Waals surface area contributed by atoms with E-state index in [1.165, 1.54) is 33.0 Å². The molecule has 1 fully saturated rings. The van der Waals surface area contributed by atoms with Crippen molar-refractivity contribution in [3.63, 3.8) is 0 Å². The molecule has 41 heavy (non-hydrogen) atoms. The molecule has 2 N–H and O–H groups in total. The number of nitrogens with zero attached hydrogens (tertiary/aromatic N) is 5. The van der Waals surface area contributed by atoms with Crippen molar-refractivity contribution in [2.24, 2.45) is 0 Å². The average molecular weight is 581 g/mol. The number of aromatic hydroxyl groups is 1. The van der Waals surface area contributed by atoms with Crippen molar-refractivity contribution in [3.8, 4) is 16.9 Å². The number of pyridine rings is 1. The summed E-state index contributed by atoms with van der Waals surface area (Å²) < 4.78 is 25.4. The van der Waals surface area contributed by atoms with Gasteiger partial charge < -0.3 is 14.9 Å². The number of nitrogens with one attached hydrogen (secondary N) is 1. The highest BCUT2D eigenvalue weighted by Gasteiger charge is 2.31. The molecule has 0 atom stereocenters. The molecule has 0 spiro atoms. The molecule has 2 amide bonds. The number of rotatable bonds is 5.